The minimum Gasteiger partial charge on any atom is -0.486 e. The molecule has 1 fully saturated rings. The molecule has 0 saturated heterocycles. The van der Waals surface area contributed by atoms with Gasteiger partial charge in [-0.2, -0.15) is 0 Å². The third-order valence-electron chi connectivity index (χ3n) is 4.25. The molecule has 0 aromatic heterocycles. The summed E-state index contributed by atoms with van der Waals surface area (Å²) in [5.41, 5.74) is 1.68. The van der Waals surface area contributed by atoms with Crippen LogP contribution in [0.15, 0.2) is 42.5 Å². The molecule has 1 saturated carbocycles. The number of ketones is 1. The molecule has 22 heavy (non-hydrogen) atoms. The Hall–Kier alpha value is -2.36. The Morgan fingerprint density at radius 1 is 1.00 bits per heavy atom. The summed E-state index contributed by atoms with van der Waals surface area (Å²) in [5, 5.41) is 0. The maximum Gasteiger partial charge on any atom is 0.166 e. The number of halogens is 1. The number of carbonyl (C=O) groups is 1. The number of fused-ring (bicyclic) bond motifs is 1. The zero-order valence-electron chi connectivity index (χ0n) is 11.9. The number of carbonyl (C=O) groups excluding carboxylic acids is 1. The van der Waals surface area contributed by atoms with Crippen LogP contribution < -0.4 is 9.47 Å². The average Bonchev–Trinajstić information content (AvgIpc) is 3.35. The predicted octanol–water partition coefficient (Wildman–Crippen LogP) is 3.58. The van der Waals surface area contributed by atoms with Gasteiger partial charge in [0.2, 0.25) is 0 Å². The maximum atomic E-state index is 12.9. The molecule has 1 heterocycles. The smallest absolute Gasteiger partial charge is 0.166 e. The van der Waals surface area contributed by atoms with Gasteiger partial charge in [-0.1, -0.05) is 6.07 Å². The van der Waals surface area contributed by atoms with E-state index in [1.54, 1.807) is 12.1 Å². The Kier molecular flexibility index (Phi) is 3.10. The number of rotatable bonds is 3. The Labute approximate surface area is 127 Å². The maximum absolute atomic E-state index is 12.9. The first kappa shape index (κ1) is 13.3. The lowest BCUT2D eigenvalue weighted by atomic mass is 10.0. The fourth-order valence-electron chi connectivity index (χ4n) is 2.97. The molecule has 0 N–H and O–H groups in total. The Balaban J connectivity index is 1.52. The van der Waals surface area contributed by atoms with Gasteiger partial charge in [-0.05, 0) is 54.3 Å². The highest BCUT2D eigenvalue weighted by Gasteiger charge is 2.44. The molecule has 2 atom stereocenters. The zero-order valence-corrected chi connectivity index (χ0v) is 11.9. The van der Waals surface area contributed by atoms with E-state index in [-0.39, 0.29) is 23.4 Å². The van der Waals surface area contributed by atoms with E-state index >= 15 is 0 Å². The quantitative estimate of drug-likeness (QED) is 0.812. The van der Waals surface area contributed by atoms with Gasteiger partial charge >= 0.3 is 0 Å². The highest BCUT2D eigenvalue weighted by atomic mass is 19.1. The second kappa shape index (κ2) is 5.13. The summed E-state index contributed by atoms with van der Waals surface area (Å²) in [6, 6.07) is 11.6. The molecule has 2 aromatic carbocycles. The van der Waals surface area contributed by atoms with Crippen LogP contribution in [0, 0.1) is 11.7 Å². The fraction of sp³-hybridized carbons (Fsp3) is 0.278. The van der Waals surface area contributed by atoms with Crippen LogP contribution in [0.2, 0.25) is 0 Å². The summed E-state index contributed by atoms with van der Waals surface area (Å²) in [5.74, 6) is 1.47. The van der Waals surface area contributed by atoms with Gasteiger partial charge in [-0.15, -0.1) is 0 Å². The molecule has 0 bridgehead atoms. The van der Waals surface area contributed by atoms with Crippen molar-refractivity contribution >= 4 is 5.78 Å². The van der Waals surface area contributed by atoms with Crippen LogP contribution >= 0.6 is 0 Å². The van der Waals surface area contributed by atoms with Crippen LogP contribution in [0.4, 0.5) is 4.39 Å². The van der Waals surface area contributed by atoms with Gasteiger partial charge in [0.15, 0.2) is 17.3 Å². The first-order chi connectivity index (χ1) is 10.7. The van der Waals surface area contributed by atoms with Crippen molar-refractivity contribution in [3.8, 4) is 11.5 Å². The Morgan fingerprint density at radius 2 is 1.73 bits per heavy atom. The molecule has 0 radical (unpaired) electrons. The van der Waals surface area contributed by atoms with Crippen molar-refractivity contribution in [3.05, 3.63) is 59.4 Å². The monoisotopic (exact) mass is 298 g/mol. The minimum absolute atomic E-state index is 0.0204. The van der Waals surface area contributed by atoms with Crippen molar-refractivity contribution in [1.29, 1.82) is 0 Å². The van der Waals surface area contributed by atoms with E-state index in [0.29, 0.717) is 18.8 Å². The molecule has 1 aliphatic carbocycles. The molecule has 1 aliphatic heterocycles. The topological polar surface area (TPSA) is 35.5 Å². The first-order valence-corrected chi connectivity index (χ1v) is 7.42. The summed E-state index contributed by atoms with van der Waals surface area (Å²) < 4.78 is 24.0. The zero-order chi connectivity index (χ0) is 15.1. The molecular weight excluding hydrogens is 283 g/mol. The van der Waals surface area contributed by atoms with Crippen molar-refractivity contribution in [2.24, 2.45) is 5.92 Å². The van der Waals surface area contributed by atoms with Crippen LogP contribution in [0.3, 0.4) is 0 Å². The Bertz CT molecular complexity index is 724. The molecule has 3 nitrogen and oxygen atoms in total. The van der Waals surface area contributed by atoms with E-state index in [1.165, 1.54) is 12.1 Å². The van der Waals surface area contributed by atoms with Gasteiger partial charge in [0, 0.05) is 11.5 Å². The standard InChI is InChI=1S/C18H15FO3/c19-13-4-1-11(2-5-13)18(20)15-10-14(15)12-3-6-16-17(9-12)22-8-7-21-16/h1-6,9,14-15H,7-8,10H2. The lowest BCUT2D eigenvalue weighted by molar-refractivity contribution is 0.0965. The molecule has 0 spiro atoms. The van der Waals surface area contributed by atoms with Gasteiger partial charge in [0.25, 0.3) is 0 Å². The molecule has 4 rings (SSSR count). The van der Waals surface area contributed by atoms with Gasteiger partial charge in [0.1, 0.15) is 19.0 Å². The van der Waals surface area contributed by atoms with Crippen LogP contribution in [-0.4, -0.2) is 19.0 Å². The highest BCUT2D eigenvalue weighted by molar-refractivity contribution is 6.00. The van der Waals surface area contributed by atoms with Crippen molar-refractivity contribution in [2.45, 2.75) is 12.3 Å². The average molecular weight is 298 g/mol. The minimum atomic E-state index is -0.323. The SMILES string of the molecule is O=C(c1ccc(F)cc1)C1CC1c1ccc2c(c1)OCCO2. The van der Waals surface area contributed by atoms with E-state index in [2.05, 4.69) is 0 Å². The van der Waals surface area contributed by atoms with E-state index in [1.807, 2.05) is 18.2 Å². The highest BCUT2D eigenvalue weighted by Crippen LogP contribution is 2.50. The van der Waals surface area contributed by atoms with Gasteiger partial charge in [0.05, 0.1) is 0 Å². The summed E-state index contributed by atoms with van der Waals surface area (Å²) in [4.78, 5) is 12.4. The third-order valence-corrected chi connectivity index (χ3v) is 4.25. The number of hydrogen-bond acceptors (Lipinski definition) is 3. The molecule has 4 heteroatoms. The van der Waals surface area contributed by atoms with Gasteiger partial charge < -0.3 is 9.47 Å². The molecular formula is C18H15FO3. The first-order valence-electron chi connectivity index (χ1n) is 7.42. The molecule has 2 unspecified atom stereocenters. The Morgan fingerprint density at radius 3 is 2.50 bits per heavy atom. The van der Waals surface area contributed by atoms with Crippen LogP contribution in [-0.2, 0) is 0 Å². The van der Waals surface area contributed by atoms with E-state index < -0.39 is 0 Å². The molecule has 112 valence electrons. The van der Waals surface area contributed by atoms with Crippen LogP contribution in [0.25, 0.3) is 0 Å². The van der Waals surface area contributed by atoms with E-state index in [4.69, 9.17) is 9.47 Å². The summed E-state index contributed by atoms with van der Waals surface area (Å²) >= 11 is 0. The lowest BCUT2D eigenvalue weighted by Crippen LogP contribution is -2.15. The van der Waals surface area contributed by atoms with Crippen LogP contribution in [0.1, 0.15) is 28.3 Å². The number of ether oxygens (including phenoxy) is 2. The van der Waals surface area contributed by atoms with Crippen LogP contribution in [0.5, 0.6) is 11.5 Å². The summed E-state index contributed by atoms with van der Waals surface area (Å²) in [6.07, 6.45) is 0.829. The van der Waals surface area contributed by atoms with Crippen molar-refractivity contribution in [3.63, 3.8) is 0 Å². The second-order valence-corrected chi connectivity index (χ2v) is 5.72. The van der Waals surface area contributed by atoms with E-state index in [0.717, 1.165) is 23.5 Å². The summed E-state index contributed by atoms with van der Waals surface area (Å²) in [7, 11) is 0. The lowest BCUT2D eigenvalue weighted by Gasteiger charge is -2.18. The van der Waals surface area contributed by atoms with Crippen molar-refractivity contribution in [2.75, 3.05) is 13.2 Å². The number of Topliss-reactive ketones (excluding diaryl/α,β-unsaturated/α-hetero) is 1. The second-order valence-electron chi connectivity index (χ2n) is 5.72. The molecule has 2 aromatic rings. The predicted molar refractivity (Wildman–Crippen MR) is 79.0 cm³/mol. The molecule has 0 amide bonds. The number of benzene rings is 2. The summed E-state index contributed by atoms with van der Waals surface area (Å²) in [6.45, 7) is 1.13. The normalized spacial score (nSPS) is 22.2. The largest absolute Gasteiger partial charge is 0.486 e. The van der Waals surface area contributed by atoms with Crippen molar-refractivity contribution < 1.29 is 18.7 Å². The van der Waals surface area contributed by atoms with Gasteiger partial charge in [-0.25, -0.2) is 4.39 Å². The fourth-order valence-corrected chi connectivity index (χ4v) is 2.97. The van der Waals surface area contributed by atoms with Crippen molar-refractivity contribution in [1.82, 2.24) is 0 Å². The van der Waals surface area contributed by atoms with Gasteiger partial charge in [-0.3, -0.25) is 4.79 Å². The third kappa shape index (κ3) is 2.34. The number of hydrogen-bond donors (Lipinski definition) is 0. The molecule has 2 aliphatic rings. The van der Waals surface area contributed by atoms with E-state index in [9.17, 15) is 9.18 Å².